The maximum absolute atomic E-state index is 13.7. The molecule has 0 aliphatic carbocycles. The summed E-state index contributed by atoms with van der Waals surface area (Å²) in [5.74, 6) is -0.912. The van der Waals surface area contributed by atoms with Crippen LogP contribution in [0.15, 0.2) is 54.7 Å². The molecule has 0 atom stereocenters. The molecule has 0 saturated carbocycles. The average Bonchev–Trinajstić information content (AvgIpc) is 2.81. The smallest absolute Gasteiger partial charge is 0.255 e. The summed E-state index contributed by atoms with van der Waals surface area (Å²) in [4.78, 5) is 20.1. The standard InChI is InChI=1S/C24H25FIN5O2/c1-2-30(13-14-33-21-7-4-10-28-23(21)25)11-12-31-19-6-3-5-17(24(27)32)22(19)29-18-9-8-16(26)15-20(18)31/h3-10,15,29H,2,11-14H2,1H3,(H2,27,32). The second kappa shape index (κ2) is 10.3. The van der Waals surface area contributed by atoms with E-state index in [1.54, 1.807) is 18.2 Å². The van der Waals surface area contributed by atoms with Crippen molar-refractivity contribution >= 4 is 51.2 Å². The zero-order chi connectivity index (χ0) is 23.4. The van der Waals surface area contributed by atoms with Crippen LogP contribution in [0.3, 0.4) is 0 Å². The van der Waals surface area contributed by atoms with Crippen LogP contribution >= 0.6 is 22.6 Å². The lowest BCUT2D eigenvalue weighted by Gasteiger charge is -2.36. The van der Waals surface area contributed by atoms with Gasteiger partial charge < -0.3 is 20.7 Å². The van der Waals surface area contributed by atoms with Gasteiger partial charge in [-0.05, 0) is 71.6 Å². The fourth-order valence-corrected chi connectivity index (χ4v) is 4.35. The number of nitrogens with two attached hydrogens (primary N) is 1. The summed E-state index contributed by atoms with van der Waals surface area (Å²) in [6.45, 7) is 5.34. The van der Waals surface area contributed by atoms with Crippen LogP contribution in [0.5, 0.6) is 5.75 Å². The van der Waals surface area contributed by atoms with Crippen LogP contribution in [-0.2, 0) is 0 Å². The van der Waals surface area contributed by atoms with E-state index in [4.69, 9.17) is 10.5 Å². The summed E-state index contributed by atoms with van der Waals surface area (Å²) >= 11 is 2.30. The molecule has 0 radical (unpaired) electrons. The lowest BCUT2D eigenvalue weighted by Crippen LogP contribution is -2.36. The highest BCUT2D eigenvalue weighted by atomic mass is 127. The Morgan fingerprint density at radius 1 is 1.21 bits per heavy atom. The maximum Gasteiger partial charge on any atom is 0.255 e. The molecule has 33 heavy (non-hydrogen) atoms. The van der Waals surface area contributed by atoms with Crippen molar-refractivity contribution in [1.82, 2.24) is 9.88 Å². The third-order valence-corrected chi connectivity index (χ3v) is 6.26. The lowest BCUT2D eigenvalue weighted by atomic mass is 10.0. The van der Waals surface area contributed by atoms with Gasteiger partial charge in [-0.25, -0.2) is 4.98 Å². The number of para-hydroxylation sites is 1. The van der Waals surface area contributed by atoms with Crippen molar-refractivity contribution in [1.29, 1.82) is 0 Å². The highest BCUT2D eigenvalue weighted by Gasteiger charge is 2.26. The summed E-state index contributed by atoms with van der Waals surface area (Å²) in [7, 11) is 0. The molecule has 0 unspecified atom stereocenters. The van der Waals surface area contributed by atoms with Crippen LogP contribution in [0.1, 0.15) is 17.3 Å². The van der Waals surface area contributed by atoms with E-state index in [-0.39, 0.29) is 5.75 Å². The van der Waals surface area contributed by atoms with Crippen LogP contribution in [0.25, 0.3) is 0 Å². The number of amides is 1. The van der Waals surface area contributed by atoms with Crippen molar-refractivity contribution in [3.8, 4) is 5.75 Å². The number of ether oxygens (including phenoxy) is 1. The average molecular weight is 561 g/mol. The molecule has 1 aromatic heterocycles. The highest BCUT2D eigenvalue weighted by molar-refractivity contribution is 14.1. The first-order valence-electron chi connectivity index (χ1n) is 10.7. The Bertz CT molecular complexity index is 1160. The molecule has 1 amide bonds. The number of likely N-dealkylation sites (N-methyl/N-ethyl adjacent to an activating group) is 1. The molecule has 7 nitrogen and oxygen atoms in total. The number of benzene rings is 2. The third-order valence-electron chi connectivity index (χ3n) is 5.59. The largest absolute Gasteiger partial charge is 0.487 e. The lowest BCUT2D eigenvalue weighted by molar-refractivity contribution is 0.100. The Hall–Kier alpha value is -2.92. The van der Waals surface area contributed by atoms with Gasteiger partial charge in [-0.1, -0.05) is 13.0 Å². The van der Waals surface area contributed by atoms with Gasteiger partial charge in [0.05, 0.1) is 28.3 Å². The number of carbonyl (C=O) groups is 1. The Kier molecular flexibility index (Phi) is 7.29. The molecule has 1 aliphatic heterocycles. The number of nitrogens with one attached hydrogen (secondary N) is 1. The third kappa shape index (κ3) is 5.19. The molecule has 2 aromatic carbocycles. The first-order chi connectivity index (χ1) is 16.0. The van der Waals surface area contributed by atoms with Gasteiger partial charge in [0.2, 0.25) is 0 Å². The quantitative estimate of drug-likeness (QED) is 0.296. The van der Waals surface area contributed by atoms with Crippen LogP contribution in [-0.4, -0.2) is 48.6 Å². The molecule has 0 fully saturated rings. The van der Waals surface area contributed by atoms with E-state index in [0.717, 1.165) is 39.4 Å². The molecule has 0 spiro atoms. The van der Waals surface area contributed by atoms with Crippen molar-refractivity contribution in [3.63, 3.8) is 0 Å². The number of carbonyl (C=O) groups excluding carboxylic acids is 1. The fraction of sp³-hybridized carbons (Fsp3) is 0.250. The topological polar surface area (TPSA) is 83.7 Å². The normalized spacial score (nSPS) is 12.2. The number of halogens is 2. The van der Waals surface area contributed by atoms with E-state index in [2.05, 4.69) is 55.7 Å². The van der Waals surface area contributed by atoms with Gasteiger partial charge in [-0.15, -0.1) is 0 Å². The highest BCUT2D eigenvalue weighted by Crippen LogP contribution is 2.45. The Labute approximate surface area is 205 Å². The molecule has 9 heteroatoms. The van der Waals surface area contributed by atoms with Gasteiger partial charge >= 0.3 is 0 Å². The maximum atomic E-state index is 13.7. The second-order valence-corrected chi connectivity index (χ2v) is 8.82. The molecule has 1 aliphatic rings. The molecule has 0 bridgehead atoms. The van der Waals surface area contributed by atoms with E-state index in [9.17, 15) is 9.18 Å². The number of fused-ring (bicyclic) bond motifs is 2. The Morgan fingerprint density at radius 3 is 2.82 bits per heavy atom. The predicted octanol–water partition coefficient (Wildman–Crippen LogP) is 4.52. The van der Waals surface area contributed by atoms with Crippen LogP contribution in [0.2, 0.25) is 0 Å². The molecule has 3 N–H and O–H groups in total. The molecule has 3 aromatic rings. The summed E-state index contributed by atoms with van der Waals surface area (Å²) in [5, 5.41) is 3.39. The monoisotopic (exact) mass is 561 g/mol. The van der Waals surface area contributed by atoms with Crippen molar-refractivity contribution in [3.05, 3.63) is 69.8 Å². The molecular weight excluding hydrogens is 536 g/mol. The fourth-order valence-electron chi connectivity index (χ4n) is 3.87. The van der Waals surface area contributed by atoms with Crippen molar-refractivity contribution in [2.45, 2.75) is 6.92 Å². The van der Waals surface area contributed by atoms with Gasteiger partial charge in [-0.3, -0.25) is 9.69 Å². The minimum Gasteiger partial charge on any atom is -0.487 e. The predicted molar refractivity (Wildman–Crippen MR) is 136 cm³/mol. The number of hydrogen-bond acceptors (Lipinski definition) is 6. The van der Waals surface area contributed by atoms with Gasteiger partial charge in [0.25, 0.3) is 11.9 Å². The number of rotatable bonds is 9. The molecule has 2 heterocycles. The second-order valence-electron chi connectivity index (χ2n) is 7.58. The SMILES string of the molecule is CCN(CCOc1cccnc1F)CCN1c2cc(I)ccc2Nc2c(C(N)=O)cccc21. The van der Waals surface area contributed by atoms with Gasteiger partial charge in [-0.2, -0.15) is 4.39 Å². The van der Waals surface area contributed by atoms with E-state index in [0.29, 0.717) is 25.3 Å². The van der Waals surface area contributed by atoms with Crippen molar-refractivity contribution in [2.75, 3.05) is 43.0 Å². The first kappa shape index (κ1) is 23.2. The van der Waals surface area contributed by atoms with Gasteiger partial charge in [0.15, 0.2) is 5.75 Å². The van der Waals surface area contributed by atoms with Crippen LogP contribution in [0, 0.1) is 9.52 Å². The Morgan fingerprint density at radius 2 is 2.06 bits per heavy atom. The number of nitrogens with zero attached hydrogens (tertiary/aromatic N) is 3. The van der Waals surface area contributed by atoms with Gasteiger partial charge in [0.1, 0.15) is 6.61 Å². The van der Waals surface area contributed by atoms with Crippen molar-refractivity contribution < 1.29 is 13.9 Å². The molecule has 4 rings (SSSR count). The summed E-state index contributed by atoms with van der Waals surface area (Å²) < 4.78 is 20.4. The molecular formula is C24H25FIN5O2. The zero-order valence-electron chi connectivity index (χ0n) is 18.2. The van der Waals surface area contributed by atoms with E-state index in [1.807, 2.05) is 24.3 Å². The Balaban J connectivity index is 1.51. The van der Waals surface area contributed by atoms with Crippen LogP contribution < -0.4 is 20.7 Å². The van der Waals surface area contributed by atoms with Crippen LogP contribution in [0.4, 0.5) is 27.1 Å². The number of aromatic nitrogens is 1. The number of anilines is 4. The van der Waals surface area contributed by atoms with Crippen molar-refractivity contribution in [2.24, 2.45) is 5.73 Å². The summed E-state index contributed by atoms with van der Waals surface area (Å²) in [6, 6.07) is 14.9. The minimum atomic E-state index is -0.602. The van der Waals surface area contributed by atoms with Gasteiger partial charge in [0, 0.05) is 29.4 Å². The number of pyridine rings is 1. The summed E-state index contributed by atoms with van der Waals surface area (Å²) in [5.41, 5.74) is 9.69. The molecule has 172 valence electrons. The summed E-state index contributed by atoms with van der Waals surface area (Å²) in [6.07, 6.45) is 1.40. The van der Waals surface area contributed by atoms with E-state index in [1.165, 1.54) is 6.20 Å². The number of primary amides is 1. The molecule has 0 saturated heterocycles. The number of hydrogen-bond donors (Lipinski definition) is 2. The zero-order valence-corrected chi connectivity index (χ0v) is 20.4. The minimum absolute atomic E-state index is 0.159. The van der Waals surface area contributed by atoms with E-state index < -0.39 is 11.9 Å². The first-order valence-corrected chi connectivity index (χ1v) is 11.8. The van der Waals surface area contributed by atoms with E-state index >= 15 is 0 Å².